The Morgan fingerprint density at radius 3 is 2.75 bits per heavy atom. The zero-order valence-corrected chi connectivity index (χ0v) is 13.4. The Morgan fingerprint density at radius 1 is 1.38 bits per heavy atom. The van der Waals surface area contributed by atoms with Gasteiger partial charge in [0.2, 0.25) is 0 Å². The molecule has 0 radical (unpaired) electrons. The molecule has 1 atom stereocenters. The molecule has 1 aliphatic heterocycles. The van der Waals surface area contributed by atoms with Crippen LogP contribution in [0.2, 0.25) is 0 Å². The highest BCUT2D eigenvalue weighted by Crippen LogP contribution is 2.31. The molecule has 0 saturated carbocycles. The molecule has 16 heavy (non-hydrogen) atoms. The number of thioether (sulfide) groups is 1. The fourth-order valence-electron chi connectivity index (χ4n) is 2.24. The lowest BCUT2D eigenvalue weighted by Crippen LogP contribution is -2.32. The van der Waals surface area contributed by atoms with Crippen LogP contribution in [0.4, 0.5) is 0 Å². The van der Waals surface area contributed by atoms with Gasteiger partial charge in [0.15, 0.2) is 0 Å². The summed E-state index contributed by atoms with van der Waals surface area (Å²) in [7, 11) is 0. The molecule has 0 N–H and O–H groups in total. The van der Waals surface area contributed by atoms with Crippen molar-refractivity contribution in [2.75, 3.05) is 30.7 Å². The summed E-state index contributed by atoms with van der Waals surface area (Å²) in [5.74, 6) is 2.14. The Labute approximate surface area is 114 Å². The van der Waals surface area contributed by atoms with Crippen LogP contribution in [0.5, 0.6) is 0 Å². The summed E-state index contributed by atoms with van der Waals surface area (Å²) in [6, 6.07) is 0. The molecule has 1 heterocycles. The van der Waals surface area contributed by atoms with Gasteiger partial charge in [0, 0.05) is 28.9 Å². The number of hydrogen-bond donors (Lipinski definition) is 0. The summed E-state index contributed by atoms with van der Waals surface area (Å²) in [6.07, 6.45) is 4.00. The van der Waals surface area contributed by atoms with Crippen LogP contribution in [0.1, 0.15) is 40.0 Å². The van der Waals surface area contributed by atoms with Gasteiger partial charge < -0.3 is 4.90 Å². The third kappa shape index (κ3) is 5.42. The Hall–Kier alpha value is 0.790. The molecule has 96 valence electrons. The summed E-state index contributed by atoms with van der Waals surface area (Å²) >= 11 is 5.79. The lowest BCUT2D eigenvalue weighted by molar-refractivity contribution is 0.243. The average Bonchev–Trinajstić information content (AvgIpc) is 2.40. The minimum absolute atomic E-state index is 0.489. The predicted molar refractivity (Wildman–Crippen MR) is 79.8 cm³/mol. The highest BCUT2D eigenvalue weighted by Gasteiger charge is 2.24. The van der Waals surface area contributed by atoms with Gasteiger partial charge >= 0.3 is 0 Å². The lowest BCUT2D eigenvalue weighted by Gasteiger charge is -2.25. The predicted octanol–water partition coefficient (Wildman–Crippen LogP) is 4.02. The van der Waals surface area contributed by atoms with Crippen molar-refractivity contribution in [3.05, 3.63) is 0 Å². The zero-order chi connectivity index (χ0) is 12.0. The van der Waals surface area contributed by atoms with Gasteiger partial charge in [0.1, 0.15) is 0 Å². The maximum absolute atomic E-state index is 3.65. The molecular weight excluding hydrogens is 282 g/mol. The van der Waals surface area contributed by atoms with Gasteiger partial charge in [-0.25, -0.2) is 0 Å². The minimum atomic E-state index is 0.489. The minimum Gasteiger partial charge on any atom is -0.302 e. The van der Waals surface area contributed by atoms with Crippen LogP contribution in [0.3, 0.4) is 0 Å². The van der Waals surface area contributed by atoms with E-state index in [1.807, 2.05) is 0 Å². The number of hydrogen-bond acceptors (Lipinski definition) is 2. The number of halogens is 1. The molecule has 0 aliphatic carbocycles. The van der Waals surface area contributed by atoms with Crippen molar-refractivity contribution >= 4 is 27.7 Å². The highest BCUT2D eigenvalue weighted by molar-refractivity contribution is 9.09. The molecule has 0 amide bonds. The van der Waals surface area contributed by atoms with Gasteiger partial charge in [-0.1, -0.05) is 43.1 Å². The summed E-state index contributed by atoms with van der Waals surface area (Å²) < 4.78 is 0.489. The molecule has 1 aliphatic rings. The Balaban J connectivity index is 2.36. The van der Waals surface area contributed by atoms with E-state index in [2.05, 4.69) is 53.4 Å². The van der Waals surface area contributed by atoms with E-state index in [4.69, 9.17) is 0 Å². The van der Waals surface area contributed by atoms with Crippen LogP contribution >= 0.6 is 27.7 Å². The van der Waals surface area contributed by atoms with Gasteiger partial charge in [0.05, 0.1) is 0 Å². The number of alkyl halides is 1. The van der Waals surface area contributed by atoms with E-state index in [1.165, 1.54) is 44.6 Å². The van der Waals surface area contributed by atoms with E-state index in [-0.39, 0.29) is 0 Å². The molecule has 1 rings (SSSR count). The normalized spacial score (nSPS) is 24.0. The first kappa shape index (κ1) is 14.8. The highest BCUT2D eigenvalue weighted by atomic mass is 79.9. The second-order valence-corrected chi connectivity index (χ2v) is 7.92. The first-order valence-corrected chi connectivity index (χ1v) is 8.60. The largest absolute Gasteiger partial charge is 0.302 e. The smallest absolute Gasteiger partial charge is 0.0116 e. The molecule has 1 fully saturated rings. The zero-order valence-electron chi connectivity index (χ0n) is 11.0. The first-order chi connectivity index (χ1) is 7.57. The van der Waals surface area contributed by atoms with E-state index in [0.717, 1.165) is 11.2 Å². The van der Waals surface area contributed by atoms with E-state index < -0.39 is 0 Å². The molecule has 1 nitrogen and oxygen atoms in total. The van der Waals surface area contributed by atoms with Gasteiger partial charge in [0.25, 0.3) is 0 Å². The van der Waals surface area contributed by atoms with Crippen molar-refractivity contribution in [3.8, 4) is 0 Å². The van der Waals surface area contributed by atoms with Gasteiger partial charge in [-0.15, -0.1) is 0 Å². The summed E-state index contributed by atoms with van der Waals surface area (Å²) in [6.45, 7) is 10.9. The molecular formula is C13H26BrNS. The Morgan fingerprint density at radius 2 is 2.12 bits per heavy atom. The molecule has 0 bridgehead atoms. The summed E-state index contributed by atoms with van der Waals surface area (Å²) in [4.78, 5) is 2.67. The van der Waals surface area contributed by atoms with Crippen LogP contribution in [0.15, 0.2) is 0 Å². The maximum atomic E-state index is 3.65. The molecule has 0 aromatic rings. The fraction of sp³-hybridized carbons (Fsp3) is 1.00. The number of rotatable bonds is 5. The fourth-order valence-corrected chi connectivity index (χ4v) is 3.90. The Bertz CT molecular complexity index is 196. The van der Waals surface area contributed by atoms with Crippen molar-refractivity contribution in [1.82, 2.24) is 4.90 Å². The SMILES string of the molecule is CCCC(CBr)CN1CCSC(C)(C)CC1. The second kappa shape index (κ2) is 7.27. The van der Waals surface area contributed by atoms with Crippen LogP contribution in [-0.2, 0) is 0 Å². The first-order valence-electron chi connectivity index (χ1n) is 6.49. The lowest BCUT2D eigenvalue weighted by atomic mass is 10.0. The van der Waals surface area contributed by atoms with Crippen molar-refractivity contribution in [3.63, 3.8) is 0 Å². The van der Waals surface area contributed by atoms with Crippen molar-refractivity contribution in [2.24, 2.45) is 5.92 Å². The van der Waals surface area contributed by atoms with Crippen LogP contribution in [0, 0.1) is 5.92 Å². The molecule has 1 unspecified atom stereocenters. The molecule has 0 aromatic carbocycles. The number of nitrogens with zero attached hydrogens (tertiary/aromatic N) is 1. The van der Waals surface area contributed by atoms with Crippen LogP contribution in [0.25, 0.3) is 0 Å². The van der Waals surface area contributed by atoms with E-state index in [9.17, 15) is 0 Å². The molecule has 0 spiro atoms. The van der Waals surface area contributed by atoms with Crippen LogP contribution in [-0.4, -0.2) is 40.4 Å². The molecule has 0 aromatic heterocycles. The van der Waals surface area contributed by atoms with E-state index >= 15 is 0 Å². The summed E-state index contributed by atoms with van der Waals surface area (Å²) in [5.41, 5.74) is 0. The van der Waals surface area contributed by atoms with Crippen molar-refractivity contribution in [1.29, 1.82) is 0 Å². The van der Waals surface area contributed by atoms with E-state index in [0.29, 0.717) is 4.75 Å². The van der Waals surface area contributed by atoms with Crippen LogP contribution < -0.4 is 0 Å². The van der Waals surface area contributed by atoms with E-state index in [1.54, 1.807) is 0 Å². The third-order valence-corrected chi connectivity index (χ3v) is 5.65. The van der Waals surface area contributed by atoms with Gasteiger partial charge in [-0.3, -0.25) is 0 Å². The standard InChI is InChI=1S/C13H26BrNS/c1-4-5-12(10-14)11-15-7-6-13(2,3)16-9-8-15/h12H,4-11H2,1-3H3. The quantitative estimate of drug-likeness (QED) is 0.706. The van der Waals surface area contributed by atoms with Gasteiger partial charge in [-0.05, 0) is 25.3 Å². The van der Waals surface area contributed by atoms with Crippen molar-refractivity contribution in [2.45, 2.75) is 44.8 Å². The molecule has 3 heteroatoms. The second-order valence-electron chi connectivity index (χ2n) is 5.47. The maximum Gasteiger partial charge on any atom is 0.0116 e. The summed E-state index contributed by atoms with van der Waals surface area (Å²) in [5, 5.41) is 1.16. The van der Waals surface area contributed by atoms with Gasteiger partial charge in [-0.2, -0.15) is 11.8 Å². The average molecular weight is 308 g/mol. The van der Waals surface area contributed by atoms with Crippen molar-refractivity contribution < 1.29 is 0 Å². The third-order valence-electron chi connectivity index (χ3n) is 3.36. The molecule has 1 saturated heterocycles. The topological polar surface area (TPSA) is 3.24 Å². The monoisotopic (exact) mass is 307 g/mol. The Kier molecular flexibility index (Phi) is 6.75.